The SMILES string of the molecule is CC(C)Oc1ccc(NC(=S)Nc2ccc(NC(=O)c3ccccc3F)cc2)cc1Cl. The van der Waals surface area contributed by atoms with Crippen molar-refractivity contribution in [3.05, 3.63) is 83.1 Å². The standard InChI is InChI=1S/C23H21ClFN3O2S/c1-14(2)30-21-12-11-17(13-19(21)24)28-23(31)27-16-9-7-15(8-10-16)26-22(29)18-5-3-4-6-20(18)25/h3-14H,1-2H3,(H,26,29)(H2,27,28,31). The number of halogens is 2. The van der Waals surface area contributed by atoms with E-state index in [1.165, 1.54) is 18.2 Å². The maximum Gasteiger partial charge on any atom is 0.258 e. The first-order valence-corrected chi connectivity index (χ1v) is 10.3. The van der Waals surface area contributed by atoms with Crippen molar-refractivity contribution in [2.45, 2.75) is 20.0 Å². The number of ether oxygens (including phenoxy) is 1. The Morgan fingerprint density at radius 1 is 0.935 bits per heavy atom. The lowest BCUT2D eigenvalue weighted by molar-refractivity contribution is 0.102. The highest BCUT2D eigenvalue weighted by atomic mass is 35.5. The summed E-state index contributed by atoms with van der Waals surface area (Å²) in [5.74, 6) is -0.481. The van der Waals surface area contributed by atoms with Gasteiger partial charge >= 0.3 is 0 Å². The van der Waals surface area contributed by atoms with Gasteiger partial charge in [-0.3, -0.25) is 4.79 Å². The van der Waals surface area contributed by atoms with Crippen LogP contribution in [-0.2, 0) is 0 Å². The predicted molar refractivity (Wildman–Crippen MR) is 128 cm³/mol. The number of thiocarbonyl (C=S) groups is 1. The van der Waals surface area contributed by atoms with Crippen LogP contribution in [0.25, 0.3) is 0 Å². The van der Waals surface area contributed by atoms with Gasteiger partial charge in [0.15, 0.2) is 5.11 Å². The monoisotopic (exact) mass is 457 g/mol. The van der Waals surface area contributed by atoms with E-state index < -0.39 is 11.7 Å². The van der Waals surface area contributed by atoms with E-state index in [1.807, 2.05) is 19.9 Å². The molecule has 0 aliphatic rings. The number of amides is 1. The van der Waals surface area contributed by atoms with Gasteiger partial charge in [-0.25, -0.2) is 4.39 Å². The molecule has 0 atom stereocenters. The highest BCUT2D eigenvalue weighted by molar-refractivity contribution is 7.80. The average Bonchev–Trinajstić information content (AvgIpc) is 2.71. The molecule has 31 heavy (non-hydrogen) atoms. The minimum atomic E-state index is -0.571. The number of anilines is 3. The second kappa shape index (κ2) is 10.2. The van der Waals surface area contributed by atoms with E-state index in [0.29, 0.717) is 32.9 Å². The minimum Gasteiger partial charge on any atom is -0.489 e. The molecule has 3 aromatic rings. The summed E-state index contributed by atoms with van der Waals surface area (Å²) in [6.45, 7) is 3.86. The first kappa shape index (κ1) is 22.5. The van der Waals surface area contributed by atoms with Gasteiger partial charge in [0.2, 0.25) is 0 Å². The summed E-state index contributed by atoms with van der Waals surface area (Å²) in [6.07, 6.45) is 0.0264. The topological polar surface area (TPSA) is 62.4 Å². The Morgan fingerprint density at radius 2 is 1.52 bits per heavy atom. The summed E-state index contributed by atoms with van der Waals surface area (Å²) < 4.78 is 19.3. The summed E-state index contributed by atoms with van der Waals surface area (Å²) in [5.41, 5.74) is 1.95. The van der Waals surface area contributed by atoms with Crippen LogP contribution in [0, 0.1) is 5.82 Å². The number of carbonyl (C=O) groups excluding carboxylic acids is 1. The van der Waals surface area contributed by atoms with E-state index in [9.17, 15) is 9.18 Å². The van der Waals surface area contributed by atoms with Crippen LogP contribution in [0.1, 0.15) is 24.2 Å². The molecule has 3 rings (SSSR count). The Balaban J connectivity index is 1.57. The summed E-state index contributed by atoms with van der Waals surface area (Å²) in [5, 5.41) is 9.62. The number of hydrogen-bond donors (Lipinski definition) is 3. The first-order valence-electron chi connectivity index (χ1n) is 9.52. The average molecular weight is 458 g/mol. The van der Waals surface area contributed by atoms with Gasteiger partial charge in [-0.1, -0.05) is 23.7 Å². The first-order chi connectivity index (χ1) is 14.8. The normalized spacial score (nSPS) is 10.5. The third-order valence-electron chi connectivity index (χ3n) is 4.07. The summed E-state index contributed by atoms with van der Waals surface area (Å²) in [6, 6.07) is 18.0. The van der Waals surface area contributed by atoms with Gasteiger partial charge in [0.05, 0.1) is 16.7 Å². The van der Waals surface area contributed by atoms with Crippen molar-refractivity contribution in [2.75, 3.05) is 16.0 Å². The zero-order chi connectivity index (χ0) is 22.4. The molecule has 0 saturated carbocycles. The van der Waals surface area contributed by atoms with Crippen molar-refractivity contribution in [2.24, 2.45) is 0 Å². The molecule has 0 unspecified atom stereocenters. The molecule has 0 spiro atoms. The number of nitrogens with one attached hydrogen (secondary N) is 3. The molecule has 0 bridgehead atoms. The maximum atomic E-state index is 13.7. The maximum absolute atomic E-state index is 13.7. The van der Waals surface area contributed by atoms with Crippen molar-refractivity contribution < 1.29 is 13.9 Å². The van der Waals surface area contributed by atoms with Crippen molar-refractivity contribution in [3.8, 4) is 5.75 Å². The van der Waals surface area contributed by atoms with Crippen LogP contribution < -0.4 is 20.7 Å². The molecule has 3 aromatic carbocycles. The van der Waals surface area contributed by atoms with Gasteiger partial charge in [-0.05, 0) is 80.7 Å². The highest BCUT2D eigenvalue weighted by Crippen LogP contribution is 2.28. The lowest BCUT2D eigenvalue weighted by atomic mass is 10.2. The second-order valence-corrected chi connectivity index (χ2v) is 7.72. The fourth-order valence-electron chi connectivity index (χ4n) is 2.70. The lowest BCUT2D eigenvalue weighted by Gasteiger charge is -2.14. The van der Waals surface area contributed by atoms with Gasteiger partial charge in [-0.2, -0.15) is 0 Å². The molecule has 0 aromatic heterocycles. The highest BCUT2D eigenvalue weighted by Gasteiger charge is 2.11. The molecular formula is C23H21ClFN3O2S. The molecule has 0 radical (unpaired) electrons. The number of rotatable bonds is 6. The largest absolute Gasteiger partial charge is 0.489 e. The van der Waals surface area contributed by atoms with E-state index in [0.717, 1.165) is 0 Å². The van der Waals surface area contributed by atoms with Crippen LogP contribution >= 0.6 is 23.8 Å². The van der Waals surface area contributed by atoms with Crippen LogP contribution in [0.15, 0.2) is 66.7 Å². The third kappa shape index (κ3) is 6.41. The van der Waals surface area contributed by atoms with Crippen molar-refractivity contribution in [1.82, 2.24) is 0 Å². The molecule has 0 aliphatic heterocycles. The number of hydrogen-bond acceptors (Lipinski definition) is 3. The molecule has 0 aliphatic carbocycles. The van der Waals surface area contributed by atoms with Crippen LogP contribution in [0.3, 0.4) is 0 Å². The molecule has 3 N–H and O–H groups in total. The molecule has 1 amide bonds. The van der Waals surface area contributed by atoms with Gasteiger partial charge < -0.3 is 20.7 Å². The second-order valence-electron chi connectivity index (χ2n) is 6.90. The van der Waals surface area contributed by atoms with Crippen molar-refractivity contribution in [1.29, 1.82) is 0 Å². The zero-order valence-corrected chi connectivity index (χ0v) is 18.5. The van der Waals surface area contributed by atoms with E-state index in [-0.39, 0.29) is 11.7 Å². The predicted octanol–water partition coefficient (Wildman–Crippen LogP) is 6.33. The Morgan fingerprint density at radius 3 is 2.13 bits per heavy atom. The van der Waals surface area contributed by atoms with E-state index in [2.05, 4.69) is 16.0 Å². The molecule has 0 fully saturated rings. The summed E-state index contributed by atoms with van der Waals surface area (Å²) in [4.78, 5) is 12.2. The Hall–Kier alpha value is -3.16. The van der Waals surface area contributed by atoms with Crippen LogP contribution in [0.5, 0.6) is 5.75 Å². The van der Waals surface area contributed by atoms with Crippen molar-refractivity contribution in [3.63, 3.8) is 0 Å². The number of benzene rings is 3. The lowest BCUT2D eigenvalue weighted by Crippen LogP contribution is -2.19. The van der Waals surface area contributed by atoms with Gasteiger partial charge in [0.25, 0.3) is 5.91 Å². The van der Waals surface area contributed by atoms with Gasteiger partial charge in [-0.15, -0.1) is 0 Å². The molecule has 5 nitrogen and oxygen atoms in total. The van der Waals surface area contributed by atoms with E-state index >= 15 is 0 Å². The number of carbonyl (C=O) groups is 1. The Kier molecular flexibility index (Phi) is 7.44. The van der Waals surface area contributed by atoms with Crippen LogP contribution in [-0.4, -0.2) is 17.1 Å². The molecule has 160 valence electrons. The molecule has 0 heterocycles. The zero-order valence-electron chi connectivity index (χ0n) is 16.9. The summed E-state index contributed by atoms with van der Waals surface area (Å²) in [7, 11) is 0. The third-order valence-corrected chi connectivity index (χ3v) is 4.57. The Labute approximate surface area is 190 Å². The molecule has 0 saturated heterocycles. The fourth-order valence-corrected chi connectivity index (χ4v) is 3.16. The summed E-state index contributed by atoms with van der Waals surface area (Å²) >= 11 is 11.6. The Bertz CT molecular complexity index is 1090. The molecule has 8 heteroatoms. The van der Waals surface area contributed by atoms with E-state index in [1.54, 1.807) is 42.5 Å². The van der Waals surface area contributed by atoms with Crippen LogP contribution in [0.4, 0.5) is 21.5 Å². The van der Waals surface area contributed by atoms with Crippen molar-refractivity contribution >= 4 is 51.9 Å². The smallest absolute Gasteiger partial charge is 0.258 e. The molecular weight excluding hydrogens is 437 g/mol. The van der Waals surface area contributed by atoms with Crippen LogP contribution in [0.2, 0.25) is 5.02 Å². The fraction of sp³-hybridized carbons (Fsp3) is 0.130. The van der Waals surface area contributed by atoms with Gasteiger partial charge in [0, 0.05) is 17.1 Å². The van der Waals surface area contributed by atoms with Gasteiger partial charge in [0.1, 0.15) is 11.6 Å². The quantitative estimate of drug-likeness (QED) is 0.377. The minimum absolute atomic E-state index is 0.0152. The van der Waals surface area contributed by atoms with E-state index in [4.69, 9.17) is 28.6 Å².